The molecule has 8 nitrogen and oxygen atoms in total. The number of amides is 2. The van der Waals surface area contributed by atoms with Crippen LogP contribution in [0.1, 0.15) is 16.7 Å². The Morgan fingerprint density at radius 3 is 2.50 bits per heavy atom. The van der Waals surface area contributed by atoms with Crippen molar-refractivity contribution in [3.8, 4) is 5.75 Å². The average molecular weight is 472 g/mol. The van der Waals surface area contributed by atoms with Crippen LogP contribution in [0.5, 0.6) is 5.75 Å². The third-order valence-corrected chi connectivity index (χ3v) is 6.44. The first kappa shape index (κ1) is 23.6. The predicted octanol–water partition coefficient (Wildman–Crippen LogP) is 4.06. The van der Waals surface area contributed by atoms with Crippen molar-refractivity contribution < 1.29 is 14.3 Å². The van der Waals surface area contributed by atoms with Crippen LogP contribution in [0, 0.1) is 20.8 Å². The number of nitrogens with zero attached hydrogens (tertiary/aromatic N) is 2. The van der Waals surface area contributed by atoms with Gasteiger partial charge < -0.3 is 20.7 Å². The van der Waals surface area contributed by atoms with Crippen LogP contribution < -0.4 is 20.7 Å². The minimum atomic E-state index is -0.266. The zero-order chi connectivity index (χ0) is 23.1. The van der Waals surface area contributed by atoms with E-state index in [0.29, 0.717) is 15.2 Å². The van der Waals surface area contributed by atoms with Gasteiger partial charge in [-0.15, -0.1) is 10.2 Å². The lowest BCUT2D eigenvalue weighted by atomic mass is 10.1. The maximum Gasteiger partial charge on any atom is 0.243 e. The number of aromatic nitrogens is 2. The van der Waals surface area contributed by atoms with E-state index in [4.69, 9.17) is 4.74 Å². The number of carbonyl (C=O) groups excluding carboxylic acids is 2. The second-order valence-corrected chi connectivity index (χ2v) is 9.29. The zero-order valence-electron chi connectivity index (χ0n) is 18.3. The molecule has 0 unspecified atom stereocenters. The number of thioether (sulfide) groups is 1. The van der Waals surface area contributed by atoms with E-state index in [1.54, 1.807) is 7.11 Å². The molecule has 0 bridgehead atoms. The van der Waals surface area contributed by atoms with Gasteiger partial charge in [0.1, 0.15) is 5.75 Å². The van der Waals surface area contributed by atoms with E-state index in [1.807, 2.05) is 57.2 Å². The third-order valence-electron chi connectivity index (χ3n) is 4.47. The molecule has 10 heteroatoms. The monoisotopic (exact) mass is 471 g/mol. The van der Waals surface area contributed by atoms with Crippen molar-refractivity contribution in [2.24, 2.45) is 0 Å². The summed E-state index contributed by atoms with van der Waals surface area (Å²) in [4.78, 5) is 24.4. The summed E-state index contributed by atoms with van der Waals surface area (Å²) in [6.45, 7) is 5.82. The normalized spacial score (nSPS) is 10.5. The molecule has 0 saturated heterocycles. The minimum absolute atomic E-state index is 0.0944. The van der Waals surface area contributed by atoms with Crippen molar-refractivity contribution >= 4 is 51.4 Å². The van der Waals surface area contributed by atoms with Crippen molar-refractivity contribution in [1.82, 2.24) is 15.5 Å². The summed E-state index contributed by atoms with van der Waals surface area (Å²) in [6, 6.07) is 11.5. The number of hydrogen-bond donors (Lipinski definition) is 3. The number of benzene rings is 2. The number of anilines is 3. The van der Waals surface area contributed by atoms with Gasteiger partial charge >= 0.3 is 0 Å². The second kappa shape index (κ2) is 11.0. The molecule has 0 spiro atoms. The second-order valence-electron chi connectivity index (χ2n) is 7.09. The van der Waals surface area contributed by atoms with Crippen molar-refractivity contribution in [2.75, 3.05) is 30.0 Å². The topological polar surface area (TPSA) is 105 Å². The molecule has 168 valence electrons. The Labute approximate surface area is 195 Å². The van der Waals surface area contributed by atoms with Crippen LogP contribution in [0.2, 0.25) is 0 Å². The number of carbonyl (C=O) groups is 2. The Bertz CT molecular complexity index is 1090. The number of aryl methyl sites for hydroxylation is 3. The highest BCUT2D eigenvalue weighted by molar-refractivity contribution is 8.01. The molecule has 1 heterocycles. The molecule has 1 aromatic heterocycles. The Balaban J connectivity index is 1.45. The van der Waals surface area contributed by atoms with Gasteiger partial charge in [0, 0.05) is 5.69 Å². The van der Waals surface area contributed by atoms with Crippen LogP contribution in [0.25, 0.3) is 0 Å². The van der Waals surface area contributed by atoms with Crippen molar-refractivity contribution in [3.05, 3.63) is 53.1 Å². The van der Waals surface area contributed by atoms with Gasteiger partial charge in [0.15, 0.2) is 4.34 Å². The van der Waals surface area contributed by atoms with Gasteiger partial charge in [-0.05, 0) is 44.0 Å². The average Bonchev–Trinajstić information content (AvgIpc) is 3.21. The number of nitrogens with one attached hydrogen (secondary N) is 3. The molecule has 0 fully saturated rings. The SMILES string of the molecule is COc1ccccc1Nc1nnc(SCC(=O)NCC(=O)Nc2c(C)cc(C)cc2C)s1. The Morgan fingerprint density at radius 2 is 1.78 bits per heavy atom. The molecule has 0 saturated carbocycles. The molecule has 0 aliphatic carbocycles. The standard InChI is InChI=1S/C22H25N5O3S2/c1-13-9-14(2)20(15(3)10-13)25-18(28)11-23-19(29)12-31-22-27-26-21(32-22)24-16-7-5-6-8-17(16)30-4/h5-10H,11-12H2,1-4H3,(H,23,29)(H,24,26)(H,25,28). The first-order chi connectivity index (χ1) is 15.4. The van der Waals surface area contributed by atoms with Gasteiger partial charge in [0.2, 0.25) is 16.9 Å². The fourth-order valence-electron chi connectivity index (χ4n) is 3.10. The summed E-state index contributed by atoms with van der Waals surface area (Å²) < 4.78 is 5.95. The van der Waals surface area contributed by atoms with E-state index in [1.165, 1.54) is 23.1 Å². The highest BCUT2D eigenvalue weighted by Crippen LogP contribution is 2.31. The first-order valence-electron chi connectivity index (χ1n) is 9.86. The molecule has 2 amide bonds. The molecule has 3 rings (SSSR count). The van der Waals surface area contributed by atoms with E-state index in [-0.39, 0.29) is 24.1 Å². The minimum Gasteiger partial charge on any atom is -0.495 e. The Kier molecular flexibility index (Phi) is 8.07. The number of rotatable bonds is 9. The Morgan fingerprint density at radius 1 is 1.06 bits per heavy atom. The van der Waals surface area contributed by atoms with E-state index in [9.17, 15) is 9.59 Å². The fraction of sp³-hybridized carbons (Fsp3) is 0.273. The van der Waals surface area contributed by atoms with Crippen molar-refractivity contribution in [3.63, 3.8) is 0 Å². The summed E-state index contributed by atoms with van der Waals surface area (Å²) in [5, 5.41) is 17.4. The summed E-state index contributed by atoms with van der Waals surface area (Å²) in [7, 11) is 1.60. The smallest absolute Gasteiger partial charge is 0.243 e. The van der Waals surface area contributed by atoms with Gasteiger partial charge in [-0.3, -0.25) is 9.59 Å². The maximum atomic E-state index is 12.2. The number of ether oxygens (including phenoxy) is 1. The van der Waals surface area contributed by atoms with Gasteiger partial charge in [0.25, 0.3) is 0 Å². The molecular formula is C22H25N5O3S2. The number of methoxy groups -OCH3 is 1. The lowest BCUT2D eigenvalue weighted by molar-refractivity contribution is -0.122. The fourth-order valence-corrected chi connectivity index (χ4v) is 4.69. The highest BCUT2D eigenvalue weighted by Gasteiger charge is 2.12. The van der Waals surface area contributed by atoms with Gasteiger partial charge in [-0.2, -0.15) is 0 Å². The van der Waals surface area contributed by atoms with E-state index in [2.05, 4.69) is 26.1 Å². The summed E-state index contributed by atoms with van der Waals surface area (Å²) in [6.07, 6.45) is 0. The van der Waals surface area contributed by atoms with Crippen LogP contribution in [0.15, 0.2) is 40.7 Å². The van der Waals surface area contributed by atoms with Crippen LogP contribution in [-0.4, -0.2) is 41.4 Å². The molecule has 2 aromatic carbocycles. The lowest BCUT2D eigenvalue weighted by Crippen LogP contribution is -2.34. The maximum absolute atomic E-state index is 12.2. The van der Waals surface area contributed by atoms with Gasteiger partial charge in [-0.25, -0.2) is 0 Å². The van der Waals surface area contributed by atoms with Gasteiger partial charge in [0.05, 0.1) is 25.1 Å². The Hall–Kier alpha value is -3.11. The largest absolute Gasteiger partial charge is 0.495 e. The molecule has 3 aromatic rings. The molecular weight excluding hydrogens is 446 g/mol. The van der Waals surface area contributed by atoms with Crippen LogP contribution in [0.4, 0.5) is 16.5 Å². The van der Waals surface area contributed by atoms with Crippen molar-refractivity contribution in [2.45, 2.75) is 25.1 Å². The molecule has 0 atom stereocenters. The molecule has 0 aliphatic heterocycles. The molecule has 0 radical (unpaired) electrons. The quantitative estimate of drug-likeness (QED) is 0.404. The van der Waals surface area contributed by atoms with E-state index in [0.717, 1.165) is 28.1 Å². The van der Waals surface area contributed by atoms with E-state index >= 15 is 0 Å². The number of hydrogen-bond acceptors (Lipinski definition) is 8. The van der Waals surface area contributed by atoms with Crippen molar-refractivity contribution in [1.29, 1.82) is 0 Å². The highest BCUT2D eigenvalue weighted by atomic mass is 32.2. The summed E-state index contributed by atoms with van der Waals surface area (Å²) >= 11 is 2.60. The van der Waals surface area contributed by atoms with Gasteiger partial charge in [-0.1, -0.05) is 52.9 Å². The van der Waals surface area contributed by atoms with Crippen LogP contribution in [-0.2, 0) is 9.59 Å². The summed E-state index contributed by atoms with van der Waals surface area (Å²) in [5.74, 6) is 0.319. The van der Waals surface area contributed by atoms with E-state index < -0.39 is 0 Å². The van der Waals surface area contributed by atoms with Crippen LogP contribution in [0.3, 0.4) is 0 Å². The molecule has 32 heavy (non-hydrogen) atoms. The summed E-state index contributed by atoms with van der Waals surface area (Å²) in [5.41, 5.74) is 4.69. The third kappa shape index (κ3) is 6.44. The predicted molar refractivity (Wildman–Crippen MR) is 129 cm³/mol. The molecule has 0 aliphatic rings. The molecule has 3 N–H and O–H groups in total. The number of para-hydroxylation sites is 2. The first-order valence-corrected chi connectivity index (χ1v) is 11.7. The zero-order valence-corrected chi connectivity index (χ0v) is 19.9. The van der Waals surface area contributed by atoms with Crippen LogP contribution >= 0.6 is 23.1 Å². The lowest BCUT2D eigenvalue weighted by Gasteiger charge is -2.13.